The average molecular weight is 353 g/mol. The van der Waals surface area contributed by atoms with Gasteiger partial charge in [-0.1, -0.05) is 35.9 Å². The number of nitrogens with zero attached hydrogens (tertiary/aromatic N) is 2. The van der Waals surface area contributed by atoms with Crippen LogP contribution in [0, 0.1) is 0 Å². The molecule has 1 heterocycles. The number of carbonyl (C=O) groups is 2. The van der Waals surface area contributed by atoms with Gasteiger partial charge < -0.3 is 10.6 Å². The summed E-state index contributed by atoms with van der Waals surface area (Å²) in [6.07, 6.45) is 1.71. The van der Waals surface area contributed by atoms with E-state index in [-0.39, 0.29) is 16.8 Å². The summed E-state index contributed by atoms with van der Waals surface area (Å²) in [4.78, 5) is 23.6. The number of halogens is 1. The van der Waals surface area contributed by atoms with Crippen LogP contribution in [0.4, 0.5) is 5.69 Å². The van der Waals surface area contributed by atoms with Crippen LogP contribution in [0.5, 0.6) is 0 Å². The highest BCUT2D eigenvalue weighted by Crippen LogP contribution is 2.17. The molecule has 1 aromatic heterocycles. The van der Waals surface area contributed by atoms with Crippen LogP contribution in [-0.2, 0) is 11.2 Å². The van der Waals surface area contributed by atoms with Gasteiger partial charge in [0.1, 0.15) is 5.01 Å². The van der Waals surface area contributed by atoms with Gasteiger partial charge in [0.15, 0.2) is 0 Å². The van der Waals surface area contributed by atoms with Gasteiger partial charge in [0.2, 0.25) is 10.9 Å². The number of benzene rings is 1. The number of carbonyl (C=O) groups excluding carboxylic acids is 2. The Kier molecular flexibility index (Phi) is 6.49. The van der Waals surface area contributed by atoms with Crippen molar-refractivity contribution in [2.24, 2.45) is 0 Å². The van der Waals surface area contributed by atoms with Gasteiger partial charge in [0.25, 0.3) is 5.91 Å². The molecule has 0 bridgehead atoms. The highest BCUT2D eigenvalue weighted by Gasteiger charge is 2.14. The number of aromatic nitrogens is 2. The number of nitrogens with one attached hydrogen (secondary N) is 2. The molecule has 0 aliphatic carbocycles. The van der Waals surface area contributed by atoms with E-state index in [9.17, 15) is 9.59 Å². The first-order chi connectivity index (χ1) is 11.1. The minimum atomic E-state index is -0.341. The Morgan fingerprint density at radius 2 is 2.13 bits per heavy atom. The second kappa shape index (κ2) is 8.59. The molecule has 8 heteroatoms. The monoisotopic (exact) mass is 352 g/mol. The lowest BCUT2D eigenvalue weighted by Crippen LogP contribution is -2.24. The van der Waals surface area contributed by atoms with Crippen LogP contribution in [0.1, 0.15) is 34.6 Å². The first kappa shape index (κ1) is 17.4. The van der Waals surface area contributed by atoms with E-state index in [0.29, 0.717) is 35.1 Å². The summed E-state index contributed by atoms with van der Waals surface area (Å²) in [5.74, 6) is -0.363. The van der Waals surface area contributed by atoms with Crippen LogP contribution < -0.4 is 10.6 Å². The van der Waals surface area contributed by atoms with Crippen molar-refractivity contribution in [1.82, 2.24) is 15.5 Å². The fraction of sp³-hybridized carbons (Fsp3) is 0.333. The molecule has 6 nitrogen and oxygen atoms in total. The number of hydrogen-bond donors (Lipinski definition) is 2. The summed E-state index contributed by atoms with van der Waals surface area (Å²) in [7, 11) is 0. The van der Waals surface area contributed by atoms with Gasteiger partial charge in [-0.2, -0.15) is 0 Å². The van der Waals surface area contributed by atoms with Crippen molar-refractivity contribution >= 4 is 40.4 Å². The fourth-order valence-electron chi connectivity index (χ4n) is 1.77. The number of rotatable bonds is 7. The quantitative estimate of drug-likeness (QED) is 0.802. The molecule has 0 spiro atoms. The maximum Gasteiger partial charge on any atom is 0.286 e. The molecule has 0 unspecified atom stereocenters. The van der Waals surface area contributed by atoms with Crippen molar-refractivity contribution in [2.75, 3.05) is 11.9 Å². The third-order valence-electron chi connectivity index (χ3n) is 2.88. The van der Waals surface area contributed by atoms with Crippen LogP contribution in [-0.4, -0.2) is 28.6 Å². The summed E-state index contributed by atoms with van der Waals surface area (Å²) in [5.41, 5.74) is 0.596. The number of amides is 2. The lowest BCUT2D eigenvalue weighted by molar-refractivity contribution is -0.121. The molecule has 23 heavy (non-hydrogen) atoms. The predicted octanol–water partition coefficient (Wildman–Crippen LogP) is 2.90. The number of hydrogen-bond acceptors (Lipinski definition) is 5. The predicted molar refractivity (Wildman–Crippen MR) is 90.9 cm³/mol. The molecule has 0 radical (unpaired) electrons. The van der Waals surface area contributed by atoms with E-state index in [1.54, 1.807) is 24.3 Å². The molecule has 0 fully saturated rings. The van der Waals surface area contributed by atoms with Gasteiger partial charge in [-0.05, 0) is 24.6 Å². The van der Waals surface area contributed by atoms with Crippen LogP contribution in [0.3, 0.4) is 0 Å². The number of anilines is 1. The van der Waals surface area contributed by atoms with Crippen molar-refractivity contribution < 1.29 is 9.59 Å². The third kappa shape index (κ3) is 5.61. The van der Waals surface area contributed by atoms with Crippen LogP contribution >= 0.6 is 22.9 Å². The maximum atomic E-state index is 12.1. The van der Waals surface area contributed by atoms with Gasteiger partial charge in [-0.15, -0.1) is 10.2 Å². The van der Waals surface area contributed by atoms with Gasteiger partial charge in [0.05, 0.1) is 0 Å². The molecule has 0 saturated heterocycles. The maximum absolute atomic E-state index is 12.1. The molecular formula is C15H17ClN4O2S. The molecular weight excluding hydrogens is 336 g/mol. The van der Waals surface area contributed by atoms with Crippen molar-refractivity contribution in [1.29, 1.82) is 0 Å². The lowest BCUT2D eigenvalue weighted by Gasteiger charge is -2.02. The van der Waals surface area contributed by atoms with Crippen molar-refractivity contribution in [2.45, 2.75) is 26.2 Å². The van der Waals surface area contributed by atoms with Crippen molar-refractivity contribution in [3.05, 3.63) is 39.3 Å². The van der Waals surface area contributed by atoms with E-state index in [0.717, 1.165) is 6.42 Å². The second-order valence-corrected chi connectivity index (χ2v) is 6.31. The highest BCUT2D eigenvalue weighted by atomic mass is 35.5. The van der Waals surface area contributed by atoms with Gasteiger partial charge >= 0.3 is 0 Å². The molecule has 2 rings (SSSR count). The van der Waals surface area contributed by atoms with E-state index in [1.165, 1.54) is 11.3 Å². The smallest absolute Gasteiger partial charge is 0.286 e. The van der Waals surface area contributed by atoms with E-state index in [1.807, 2.05) is 6.92 Å². The van der Waals surface area contributed by atoms with E-state index < -0.39 is 0 Å². The molecule has 0 aliphatic heterocycles. The zero-order valence-electron chi connectivity index (χ0n) is 12.6. The van der Waals surface area contributed by atoms with Gasteiger partial charge in [-0.3, -0.25) is 9.59 Å². The normalized spacial score (nSPS) is 10.3. The first-order valence-corrected chi connectivity index (χ1v) is 8.44. The van der Waals surface area contributed by atoms with Crippen LogP contribution in [0.2, 0.25) is 5.02 Å². The molecule has 0 atom stereocenters. The average Bonchev–Trinajstić information content (AvgIpc) is 3.00. The molecule has 2 amide bonds. The molecule has 122 valence electrons. The van der Waals surface area contributed by atoms with Crippen LogP contribution in [0.25, 0.3) is 0 Å². The summed E-state index contributed by atoms with van der Waals surface area (Å²) < 4.78 is 0. The van der Waals surface area contributed by atoms with E-state index in [2.05, 4.69) is 20.8 Å². The summed E-state index contributed by atoms with van der Waals surface area (Å²) in [6, 6.07) is 6.87. The largest absolute Gasteiger partial charge is 0.356 e. The van der Waals surface area contributed by atoms with E-state index in [4.69, 9.17) is 11.6 Å². The fourth-order valence-corrected chi connectivity index (χ4v) is 2.70. The highest BCUT2D eigenvalue weighted by molar-refractivity contribution is 7.13. The second-order valence-electron chi connectivity index (χ2n) is 4.82. The summed E-state index contributed by atoms with van der Waals surface area (Å²) >= 11 is 7.05. The Morgan fingerprint density at radius 3 is 2.87 bits per heavy atom. The Bertz CT molecular complexity index is 690. The molecule has 2 aromatic rings. The zero-order chi connectivity index (χ0) is 16.7. The number of aryl methyl sites for hydroxylation is 1. The molecule has 2 N–H and O–H groups in total. The molecule has 0 aliphatic rings. The van der Waals surface area contributed by atoms with Gasteiger partial charge in [-0.25, -0.2) is 0 Å². The third-order valence-corrected chi connectivity index (χ3v) is 4.10. The summed E-state index contributed by atoms with van der Waals surface area (Å²) in [5, 5.41) is 14.8. The Balaban J connectivity index is 1.88. The molecule has 0 saturated carbocycles. The Labute approximate surface area is 143 Å². The van der Waals surface area contributed by atoms with Crippen molar-refractivity contribution in [3.8, 4) is 0 Å². The van der Waals surface area contributed by atoms with Gasteiger partial charge in [0, 0.05) is 30.1 Å². The Hall–Kier alpha value is -1.99. The topological polar surface area (TPSA) is 84.0 Å². The van der Waals surface area contributed by atoms with Crippen LogP contribution in [0.15, 0.2) is 24.3 Å². The summed E-state index contributed by atoms with van der Waals surface area (Å²) in [6.45, 7) is 2.66. The first-order valence-electron chi connectivity index (χ1n) is 7.24. The standard InChI is InChI=1S/C15H17ClN4O2S/c1-2-8-17-12(21)6-7-13-19-20-15(23-13)14(22)18-11-5-3-4-10(16)9-11/h3-5,9H,2,6-8H2,1H3,(H,17,21)(H,18,22). The van der Waals surface area contributed by atoms with Crippen molar-refractivity contribution in [3.63, 3.8) is 0 Å². The SMILES string of the molecule is CCCNC(=O)CCc1nnc(C(=O)Nc2cccc(Cl)c2)s1. The zero-order valence-corrected chi connectivity index (χ0v) is 14.2. The minimum Gasteiger partial charge on any atom is -0.356 e. The van der Waals surface area contributed by atoms with E-state index >= 15 is 0 Å². The lowest BCUT2D eigenvalue weighted by atomic mass is 10.3. The molecule has 1 aromatic carbocycles. The minimum absolute atomic E-state index is 0.0213. The Morgan fingerprint density at radius 1 is 1.30 bits per heavy atom.